The number of aromatic carboxylic acids is 1. The SMILES string of the molecule is COc1ccc(C(=O)Oc2ccc(Cl)cc2C(=O)O)cc1. The molecule has 0 saturated heterocycles. The second-order valence-corrected chi connectivity index (χ2v) is 4.50. The highest BCUT2D eigenvalue weighted by Crippen LogP contribution is 2.24. The van der Waals surface area contributed by atoms with Gasteiger partial charge in [-0.3, -0.25) is 0 Å². The normalized spacial score (nSPS) is 10.0. The Kier molecular flexibility index (Phi) is 4.45. The van der Waals surface area contributed by atoms with Crippen molar-refractivity contribution in [3.8, 4) is 11.5 Å². The third kappa shape index (κ3) is 3.52. The molecule has 0 aliphatic rings. The molecule has 0 bridgehead atoms. The van der Waals surface area contributed by atoms with Crippen LogP contribution in [0.3, 0.4) is 0 Å². The standard InChI is InChI=1S/C15H11ClO5/c1-20-11-5-2-9(3-6-11)15(19)21-13-7-4-10(16)8-12(13)14(17)18/h2-8H,1H3,(H,17,18). The van der Waals surface area contributed by atoms with Gasteiger partial charge in [-0.1, -0.05) is 11.6 Å². The van der Waals surface area contributed by atoms with E-state index in [2.05, 4.69) is 0 Å². The van der Waals surface area contributed by atoms with Gasteiger partial charge >= 0.3 is 11.9 Å². The van der Waals surface area contributed by atoms with Crippen molar-refractivity contribution >= 4 is 23.5 Å². The Morgan fingerprint density at radius 2 is 1.76 bits per heavy atom. The lowest BCUT2D eigenvalue weighted by Crippen LogP contribution is -2.11. The van der Waals surface area contributed by atoms with Crippen LogP contribution < -0.4 is 9.47 Å². The van der Waals surface area contributed by atoms with Crippen molar-refractivity contribution in [1.29, 1.82) is 0 Å². The van der Waals surface area contributed by atoms with Crippen LogP contribution in [0.5, 0.6) is 11.5 Å². The van der Waals surface area contributed by atoms with Gasteiger partial charge in [0.1, 0.15) is 17.1 Å². The quantitative estimate of drug-likeness (QED) is 0.693. The predicted molar refractivity (Wildman–Crippen MR) is 76.4 cm³/mol. The number of carbonyl (C=O) groups is 2. The fourth-order valence-electron chi connectivity index (χ4n) is 1.64. The maximum atomic E-state index is 12.0. The molecule has 0 spiro atoms. The van der Waals surface area contributed by atoms with Gasteiger partial charge in [0.15, 0.2) is 0 Å². The summed E-state index contributed by atoms with van der Waals surface area (Å²) in [5.41, 5.74) is 0.103. The molecule has 0 amide bonds. The largest absolute Gasteiger partial charge is 0.497 e. The minimum Gasteiger partial charge on any atom is -0.497 e. The van der Waals surface area contributed by atoms with Crippen molar-refractivity contribution in [2.45, 2.75) is 0 Å². The molecule has 0 radical (unpaired) electrons. The molecule has 1 N–H and O–H groups in total. The fourth-order valence-corrected chi connectivity index (χ4v) is 1.82. The average molecular weight is 307 g/mol. The van der Waals surface area contributed by atoms with Gasteiger partial charge in [-0.15, -0.1) is 0 Å². The molecule has 21 heavy (non-hydrogen) atoms. The topological polar surface area (TPSA) is 72.8 Å². The van der Waals surface area contributed by atoms with Crippen molar-refractivity contribution in [2.24, 2.45) is 0 Å². The molecule has 0 atom stereocenters. The molecule has 0 fully saturated rings. The molecule has 6 heteroatoms. The lowest BCUT2D eigenvalue weighted by Gasteiger charge is -2.08. The highest BCUT2D eigenvalue weighted by Gasteiger charge is 2.16. The fraction of sp³-hybridized carbons (Fsp3) is 0.0667. The van der Waals surface area contributed by atoms with Gasteiger partial charge < -0.3 is 14.6 Å². The summed E-state index contributed by atoms with van der Waals surface area (Å²) in [6.45, 7) is 0. The van der Waals surface area contributed by atoms with Crippen molar-refractivity contribution < 1.29 is 24.2 Å². The Morgan fingerprint density at radius 1 is 1.10 bits per heavy atom. The first-order valence-corrected chi connectivity index (χ1v) is 6.28. The monoisotopic (exact) mass is 306 g/mol. The molecule has 0 aliphatic heterocycles. The van der Waals surface area contributed by atoms with E-state index >= 15 is 0 Å². The zero-order valence-corrected chi connectivity index (χ0v) is 11.8. The molecule has 5 nitrogen and oxygen atoms in total. The third-order valence-corrected chi connectivity index (χ3v) is 2.94. The number of esters is 1. The molecule has 2 aromatic rings. The summed E-state index contributed by atoms with van der Waals surface area (Å²) in [7, 11) is 1.51. The van der Waals surface area contributed by atoms with E-state index in [-0.39, 0.29) is 21.9 Å². The van der Waals surface area contributed by atoms with E-state index in [1.54, 1.807) is 12.1 Å². The minimum atomic E-state index is -1.23. The number of hydrogen-bond donors (Lipinski definition) is 1. The van der Waals surface area contributed by atoms with Crippen LogP contribution in [0.2, 0.25) is 5.02 Å². The van der Waals surface area contributed by atoms with E-state index in [9.17, 15) is 9.59 Å². The van der Waals surface area contributed by atoms with Crippen LogP contribution in [0, 0.1) is 0 Å². The summed E-state index contributed by atoms with van der Waals surface area (Å²) in [4.78, 5) is 23.1. The Bertz CT molecular complexity index is 679. The molecule has 0 aliphatic carbocycles. The van der Waals surface area contributed by atoms with Gasteiger partial charge in [0.2, 0.25) is 0 Å². The number of halogens is 1. The number of rotatable bonds is 4. The zero-order chi connectivity index (χ0) is 15.4. The molecule has 0 saturated carbocycles. The molecule has 0 heterocycles. The van der Waals surface area contributed by atoms with E-state index in [4.69, 9.17) is 26.2 Å². The van der Waals surface area contributed by atoms with Crippen LogP contribution in [0.4, 0.5) is 0 Å². The van der Waals surface area contributed by atoms with E-state index in [1.165, 1.54) is 37.4 Å². The molecule has 108 valence electrons. The highest BCUT2D eigenvalue weighted by atomic mass is 35.5. The molecule has 0 aromatic heterocycles. The van der Waals surface area contributed by atoms with Crippen LogP contribution in [0.1, 0.15) is 20.7 Å². The summed E-state index contributed by atoms with van der Waals surface area (Å²) in [5.74, 6) is -1.35. The summed E-state index contributed by atoms with van der Waals surface area (Å²) in [5, 5.41) is 9.32. The van der Waals surface area contributed by atoms with Crippen molar-refractivity contribution in [3.05, 3.63) is 58.6 Å². The minimum absolute atomic E-state index is 0.0623. The number of hydrogen-bond acceptors (Lipinski definition) is 4. The van der Waals surface area contributed by atoms with Gasteiger partial charge in [-0.05, 0) is 42.5 Å². The third-order valence-electron chi connectivity index (χ3n) is 2.70. The maximum absolute atomic E-state index is 12.0. The molecular formula is C15H11ClO5. The second-order valence-electron chi connectivity index (χ2n) is 4.06. The van der Waals surface area contributed by atoms with E-state index in [0.29, 0.717) is 5.75 Å². The molecule has 2 rings (SSSR count). The van der Waals surface area contributed by atoms with Crippen LogP contribution in [-0.2, 0) is 0 Å². The van der Waals surface area contributed by atoms with Gasteiger partial charge in [-0.25, -0.2) is 9.59 Å². The van der Waals surface area contributed by atoms with Gasteiger partial charge in [0.05, 0.1) is 12.7 Å². The van der Waals surface area contributed by atoms with Crippen LogP contribution in [0.25, 0.3) is 0 Å². The lowest BCUT2D eigenvalue weighted by molar-refractivity contribution is 0.0681. The molecule has 2 aromatic carbocycles. The summed E-state index contributed by atoms with van der Waals surface area (Å²) >= 11 is 5.73. The van der Waals surface area contributed by atoms with Gasteiger partial charge in [-0.2, -0.15) is 0 Å². The second kappa shape index (κ2) is 6.28. The van der Waals surface area contributed by atoms with Crippen molar-refractivity contribution in [3.63, 3.8) is 0 Å². The van der Waals surface area contributed by atoms with E-state index in [0.717, 1.165) is 0 Å². The van der Waals surface area contributed by atoms with Gasteiger partial charge in [0, 0.05) is 5.02 Å². The highest BCUT2D eigenvalue weighted by molar-refractivity contribution is 6.31. The number of benzene rings is 2. The zero-order valence-electron chi connectivity index (χ0n) is 11.0. The summed E-state index contributed by atoms with van der Waals surface area (Å²) in [6, 6.07) is 10.3. The van der Waals surface area contributed by atoms with Crippen molar-refractivity contribution in [2.75, 3.05) is 7.11 Å². The number of carboxylic acid groups (broad SMARTS) is 1. The predicted octanol–water partition coefficient (Wildman–Crippen LogP) is 3.27. The molecular weight excluding hydrogens is 296 g/mol. The Morgan fingerprint density at radius 3 is 2.33 bits per heavy atom. The van der Waals surface area contributed by atoms with Crippen LogP contribution in [0.15, 0.2) is 42.5 Å². The van der Waals surface area contributed by atoms with Crippen LogP contribution >= 0.6 is 11.6 Å². The average Bonchev–Trinajstić information content (AvgIpc) is 2.49. The lowest BCUT2D eigenvalue weighted by atomic mass is 10.2. The Hall–Kier alpha value is -2.53. The number of methoxy groups -OCH3 is 1. The Balaban J connectivity index is 2.24. The van der Waals surface area contributed by atoms with Crippen LogP contribution in [-0.4, -0.2) is 24.2 Å². The van der Waals surface area contributed by atoms with Gasteiger partial charge in [0.25, 0.3) is 0 Å². The maximum Gasteiger partial charge on any atom is 0.343 e. The first-order chi connectivity index (χ1) is 10.0. The smallest absolute Gasteiger partial charge is 0.343 e. The van der Waals surface area contributed by atoms with E-state index in [1.807, 2.05) is 0 Å². The first-order valence-electron chi connectivity index (χ1n) is 5.90. The van der Waals surface area contributed by atoms with Crippen molar-refractivity contribution in [1.82, 2.24) is 0 Å². The molecule has 0 unspecified atom stereocenters. The van der Waals surface area contributed by atoms with E-state index < -0.39 is 11.9 Å². The summed E-state index contributed by atoms with van der Waals surface area (Å²) in [6.07, 6.45) is 0. The summed E-state index contributed by atoms with van der Waals surface area (Å²) < 4.78 is 10.1. The Labute approximate surface area is 125 Å². The number of ether oxygens (including phenoxy) is 2. The number of carboxylic acids is 1. The first kappa shape index (κ1) is 14.9. The number of carbonyl (C=O) groups excluding carboxylic acids is 1.